The standard InChI is InChI=1S/C20H33N5O/c1-24(2)19(26)16-22-20(23-17-10-7-8-11-17)21-14-9-15-25(3)18-12-5-4-6-13-18/h4-6,12-13,17H,7-11,14-16H2,1-3H3,(H2,21,22,23). The van der Waals surface area contributed by atoms with Crippen LogP contribution in [0, 0.1) is 0 Å². The quantitative estimate of drug-likeness (QED) is 0.424. The molecule has 0 aromatic heterocycles. The van der Waals surface area contributed by atoms with E-state index in [-0.39, 0.29) is 12.5 Å². The van der Waals surface area contributed by atoms with Crippen LogP contribution in [-0.4, -0.2) is 63.6 Å². The average molecular weight is 360 g/mol. The highest BCUT2D eigenvalue weighted by atomic mass is 16.2. The Kier molecular flexibility index (Phi) is 8.25. The summed E-state index contributed by atoms with van der Waals surface area (Å²) < 4.78 is 0. The van der Waals surface area contributed by atoms with Gasteiger partial charge in [0, 0.05) is 46.0 Å². The van der Waals surface area contributed by atoms with Gasteiger partial charge in [0.2, 0.25) is 5.91 Å². The molecule has 0 atom stereocenters. The van der Waals surface area contributed by atoms with Gasteiger partial charge in [0.05, 0.1) is 0 Å². The Bertz CT molecular complexity index is 567. The molecule has 6 nitrogen and oxygen atoms in total. The van der Waals surface area contributed by atoms with Crippen LogP contribution >= 0.6 is 0 Å². The second kappa shape index (κ2) is 10.7. The molecule has 26 heavy (non-hydrogen) atoms. The van der Waals surface area contributed by atoms with Crippen LogP contribution in [0.4, 0.5) is 5.69 Å². The number of para-hydroxylation sites is 1. The molecule has 0 bridgehead atoms. The number of aliphatic imine (C=N–C) groups is 1. The maximum atomic E-state index is 11.8. The monoisotopic (exact) mass is 359 g/mol. The molecule has 2 N–H and O–H groups in total. The molecule has 0 aliphatic heterocycles. The van der Waals surface area contributed by atoms with Gasteiger partial charge in [-0.05, 0) is 31.4 Å². The Morgan fingerprint density at radius 1 is 1.15 bits per heavy atom. The summed E-state index contributed by atoms with van der Waals surface area (Å²) in [4.78, 5) is 20.1. The average Bonchev–Trinajstić information content (AvgIpc) is 3.16. The molecule has 1 aromatic rings. The summed E-state index contributed by atoms with van der Waals surface area (Å²) in [6.45, 7) is 1.97. The van der Waals surface area contributed by atoms with E-state index in [1.165, 1.54) is 31.4 Å². The lowest BCUT2D eigenvalue weighted by molar-refractivity contribution is -0.127. The van der Waals surface area contributed by atoms with Crippen molar-refractivity contribution in [3.05, 3.63) is 30.3 Å². The smallest absolute Gasteiger partial charge is 0.243 e. The fraction of sp³-hybridized carbons (Fsp3) is 0.600. The predicted molar refractivity (Wildman–Crippen MR) is 109 cm³/mol. The van der Waals surface area contributed by atoms with E-state index in [1.54, 1.807) is 19.0 Å². The van der Waals surface area contributed by atoms with Gasteiger partial charge in [-0.25, -0.2) is 4.99 Å². The molecule has 1 aromatic carbocycles. The van der Waals surface area contributed by atoms with Crippen molar-refractivity contribution in [3.63, 3.8) is 0 Å². The van der Waals surface area contributed by atoms with Crippen molar-refractivity contribution in [2.75, 3.05) is 45.7 Å². The highest BCUT2D eigenvalue weighted by Gasteiger charge is 2.16. The van der Waals surface area contributed by atoms with E-state index < -0.39 is 0 Å². The minimum Gasteiger partial charge on any atom is -0.375 e. The third-order valence-corrected chi connectivity index (χ3v) is 4.73. The van der Waals surface area contributed by atoms with E-state index in [4.69, 9.17) is 0 Å². The van der Waals surface area contributed by atoms with Crippen LogP contribution in [0.15, 0.2) is 35.3 Å². The predicted octanol–water partition coefficient (Wildman–Crippen LogP) is 2.08. The summed E-state index contributed by atoms with van der Waals surface area (Å²) in [6.07, 6.45) is 5.89. The summed E-state index contributed by atoms with van der Waals surface area (Å²) in [5, 5.41) is 6.87. The van der Waals surface area contributed by atoms with E-state index in [0.29, 0.717) is 6.04 Å². The Morgan fingerprint density at radius 2 is 1.85 bits per heavy atom. The van der Waals surface area contributed by atoms with Crippen molar-refractivity contribution in [2.45, 2.75) is 38.1 Å². The highest BCUT2D eigenvalue weighted by molar-refractivity contribution is 5.84. The summed E-state index contributed by atoms with van der Waals surface area (Å²) in [5.41, 5.74) is 1.22. The third-order valence-electron chi connectivity index (χ3n) is 4.73. The number of nitrogens with zero attached hydrogens (tertiary/aromatic N) is 3. The van der Waals surface area contributed by atoms with Crippen LogP contribution in [0.5, 0.6) is 0 Å². The van der Waals surface area contributed by atoms with Crippen molar-refractivity contribution >= 4 is 17.6 Å². The molecule has 1 fully saturated rings. The second-order valence-corrected chi connectivity index (χ2v) is 7.12. The number of anilines is 1. The first kappa shape index (κ1) is 20.1. The van der Waals surface area contributed by atoms with Gasteiger partial charge in [-0.15, -0.1) is 0 Å². The van der Waals surface area contributed by atoms with Crippen molar-refractivity contribution in [3.8, 4) is 0 Å². The van der Waals surface area contributed by atoms with E-state index >= 15 is 0 Å². The molecular formula is C20H33N5O. The topological polar surface area (TPSA) is 60.0 Å². The number of carbonyl (C=O) groups excluding carboxylic acids is 1. The molecule has 1 aliphatic rings. The maximum absolute atomic E-state index is 11.8. The molecule has 1 saturated carbocycles. The number of hydrogen-bond acceptors (Lipinski definition) is 3. The SMILES string of the molecule is CN(C)C(=O)CN=C(NCCCN(C)c1ccccc1)NC1CCCC1. The maximum Gasteiger partial charge on any atom is 0.243 e. The van der Waals surface area contributed by atoms with Gasteiger partial charge < -0.3 is 20.4 Å². The van der Waals surface area contributed by atoms with Crippen LogP contribution in [-0.2, 0) is 4.79 Å². The zero-order valence-electron chi connectivity index (χ0n) is 16.4. The molecule has 0 spiro atoms. The number of benzene rings is 1. The first-order valence-corrected chi connectivity index (χ1v) is 9.57. The van der Waals surface area contributed by atoms with E-state index in [1.807, 2.05) is 6.07 Å². The van der Waals surface area contributed by atoms with Gasteiger partial charge >= 0.3 is 0 Å². The van der Waals surface area contributed by atoms with Gasteiger partial charge in [0.1, 0.15) is 6.54 Å². The fourth-order valence-corrected chi connectivity index (χ4v) is 3.04. The number of likely N-dealkylation sites (N-methyl/N-ethyl adjacent to an activating group) is 1. The Morgan fingerprint density at radius 3 is 2.50 bits per heavy atom. The summed E-state index contributed by atoms with van der Waals surface area (Å²) in [6, 6.07) is 10.9. The van der Waals surface area contributed by atoms with E-state index in [9.17, 15) is 4.79 Å². The molecular weight excluding hydrogens is 326 g/mol. The van der Waals surface area contributed by atoms with Gasteiger partial charge in [0.15, 0.2) is 5.96 Å². The summed E-state index contributed by atoms with van der Waals surface area (Å²) in [7, 11) is 5.63. The lowest BCUT2D eigenvalue weighted by atomic mass is 10.2. The van der Waals surface area contributed by atoms with Crippen molar-refractivity contribution in [1.82, 2.24) is 15.5 Å². The van der Waals surface area contributed by atoms with Crippen LogP contribution < -0.4 is 15.5 Å². The third kappa shape index (κ3) is 6.94. The number of hydrogen-bond donors (Lipinski definition) is 2. The van der Waals surface area contributed by atoms with Crippen LogP contribution in [0.2, 0.25) is 0 Å². The Balaban J connectivity index is 1.79. The lowest BCUT2D eigenvalue weighted by Gasteiger charge is -2.21. The molecule has 0 unspecified atom stereocenters. The van der Waals surface area contributed by atoms with E-state index in [0.717, 1.165) is 25.5 Å². The molecule has 0 radical (unpaired) electrons. The Labute approximate surface area is 157 Å². The second-order valence-electron chi connectivity index (χ2n) is 7.12. The molecule has 1 amide bonds. The van der Waals surface area contributed by atoms with Gasteiger partial charge in [-0.2, -0.15) is 0 Å². The van der Waals surface area contributed by atoms with Crippen molar-refractivity contribution < 1.29 is 4.79 Å². The molecule has 0 saturated heterocycles. The van der Waals surface area contributed by atoms with Gasteiger partial charge in [-0.1, -0.05) is 31.0 Å². The van der Waals surface area contributed by atoms with Crippen molar-refractivity contribution in [1.29, 1.82) is 0 Å². The summed E-state index contributed by atoms with van der Waals surface area (Å²) >= 11 is 0. The molecule has 6 heteroatoms. The first-order chi connectivity index (χ1) is 12.6. The minimum atomic E-state index is 0.0151. The largest absolute Gasteiger partial charge is 0.375 e. The van der Waals surface area contributed by atoms with Crippen LogP contribution in [0.1, 0.15) is 32.1 Å². The Hall–Kier alpha value is -2.24. The van der Waals surface area contributed by atoms with Gasteiger partial charge in [-0.3, -0.25) is 4.79 Å². The number of amides is 1. The normalized spacial score (nSPS) is 15.0. The zero-order chi connectivity index (χ0) is 18.8. The fourth-order valence-electron chi connectivity index (χ4n) is 3.04. The summed E-state index contributed by atoms with van der Waals surface area (Å²) in [5.74, 6) is 0.774. The molecule has 144 valence electrons. The number of nitrogens with one attached hydrogen (secondary N) is 2. The number of guanidine groups is 1. The van der Waals surface area contributed by atoms with Crippen LogP contribution in [0.3, 0.4) is 0 Å². The molecule has 1 aliphatic carbocycles. The molecule has 2 rings (SSSR count). The molecule has 0 heterocycles. The van der Waals surface area contributed by atoms with Crippen molar-refractivity contribution in [2.24, 2.45) is 4.99 Å². The highest BCUT2D eigenvalue weighted by Crippen LogP contribution is 2.17. The van der Waals surface area contributed by atoms with E-state index in [2.05, 4.69) is 51.8 Å². The lowest BCUT2D eigenvalue weighted by Crippen LogP contribution is -2.43. The minimum absolute atomic E-state index is 0.0151. The first-order valence-electron chi connectivity index (χ1n) is 9.57. The zero-order valence-corrected chi connectivity index (χ0v) is 16.4. The van der Waals surface area contributed by atoms with Crippen LogP contribution in [0.25, 0.3) is 0 Å². The number of rotatable bonds is 8. The number of carbonyl (C=O) groups is 1. The van der Waals surface area contributed by atoms with Gasteiger partial charge in [0.25, 0.3) is 0 Å².